The van der Waals surface area contributed by atoms with Crippen LogP contribution in [0.25, 0.3) is 10.9 Å². The van der Waals surface area contributed by atoms with Crippen molar-refractivity contribution in [1.82, 2.24) is 9.29 Å². The highest BCUT2D eigenvalue weighted by Crippen LogP contribution is 2.30. The Bertz CT molecular complexity index is 664. The van der Waals surface area contributed by atoms with Crippen molar-refractivity contribution in [3.8, 4) is 0 Å². The summed E-state index contributed by atoms with van der Waals surface area (Å²) >= 11 is 0. The lowest BCUT2D eigenvalue weighted by molar-refractivity contribution is 0.317. The molecule has 4 nitrogen and oxygen atoms in total. The molecular weight excluding hydrogens is 272 g/mol. The Morgan fingerprint density at radius 3 is 2.60 bits per heavy atom. The van der Waals surface area contributed by atoms with Gasteiger partial charge in [0.2, 0.25) is 10.0 Å². The molecule has 0 bridgehead atoms. The summed E-state index contributed by atoms with van der Waals surface area (Å²) < 4.78 is 25.3. The Morgan fingerprint density at radius 1 is 1.25 bits per heavy atom. The molecule has 0 atom stereocenters. The molecule has 0 saturated carbocycles. The van der Waals surface area contributed by atoms with Crippen LogP contribution in [0.1, 0.15) is 31.4 Å². The lowest BCUT2D eigenvalue weighted by Gasteiger charge is -2.30. The summed E-state index contributed by atoms with van der Waals surface area (Å²) in [6.07, 6.45) is 1.79. The summed E-state index contributed by atoms with van der Waals surface area (Å²) in [4.78, 5) is 3.46. The fraction of sp³-hybridized carbons (Fsp3) is 0.467. The summed E-state index contributed by atoms with van der Waals surface area (Å²) in [6.45, 7) is 2.98. The number of fused-ring (bicyclic) bond motifs is 1. The maximum atomic E-state index is 11.9. The van der Waals surface area contributed by atoms with E-state index in [0.29, 0.717) is 19.0 Å². The van der Waals surface area contributed by atoms with Crippen molar-refractivity contribution < 1.29 is 8.42 Å². The summed E-state index contributed by atoms with van der Waals surface area (Å²) in [5.74, 6) is 0.634. The minimum atomic E-state index is -3.03. The molecule has 0 aliphatic carbocycles. The average molecular weight is 292 g/mol. The molecule has 0 radical (unpaired) electrons. The fourth-order valence-electron chi connectivity index (χ4n) is 2.94. The number of para-hydroxylation sites is 1. The highest BCUT2D eigenvalue weighted by molar-refractivity contribution is 7.89. The van der Waals surface area contributed by atoms with E-state index < -0.39 is 10.0 Å². The molecule has 1 aromatic heterocycles. The van der Waals surface area contributed by atoms with Crippen LogP contribution < -0.4 is 0 Å². The molecule has 2 heterocycles. The third-order valence-electron chi connectivity index (χ3n) is 4.20. The third kappa shape index (κ3) is 2.47. The van der Waals surface area contributed by atoms with Crippen LogP contribution in [0.3, 0.4) is 0 Å². The predicted octanol–water partition coefficient (Wildman–Crippen LogP) is 2.70. The van der Waals surface area contributed by atoms with Crippen molar-refractivity contribution in [2.75, 3.05) is 18.8 Å². The van der Waals surface area contributed by atoms with E-state index in [1.54, 1.807) is 11.2 Å². The number of hydrogen-bond donors (Lipinski definition) is 1. The lowest BCUT2D eigenvalue weighted by Crippen LogP contribution is -2.38. The number of rotatable bonds is 3. The highest BCUT2D eigenvalue weighted by Gasteiger charge is 2.27. The van der Waals surface area contributed by atoms with Gasteiger partial charge in [-0.3, -0.25) is 0 Å². The number of hydrogen-bond acceptors (Lipinski definition) is 2. The minimum absolute atomic E-state index is 0.198. The quantitative estimate of drug-likeness (QED) is 0.945. The van der Waals surface area contributed by atoms with Crippen molar-refractivity contribution in [3.63, 3.8) is 0 Å². The van der Waals surface area contributed by atoms with Gasteiger partial charge in [-0.15, -0.1) is 0 Å². The van der Waals surface area contributed by atoms with Crippen LogP contribution in [0.5, 0.6) is 0 Å². The van der Waals surface area contributed by atoms with Gasteiger partial charge >= 0.3 is 0 Å². The topological polar surface area (TPSA) is 53.2 Å². The number of aromatic nitrogens is 1. The zero-order chi connectivity index (χ0) is 14.2. The molecule has 1 saturated heterocycles. The molecule has 1 aliphatic heterocycles. The van der Waals surface area contributed by atoms with E-state index in [9.17, 15) is 8.42 Å². The van der Waals surface area contributed by atoms with Crippen molar-refractivity contribution in [2.45, 2.75) is 25.7 Å². The van der Waals surface area contributed by atoms with Crippen LogP contribution in [-0.2, 0) is 10.0 Å². The Hall–Kier alpha value is -1.33. The molecule has 0 spiro atoms. The Balaban J connectivity index is 1.75. The van der Waals surface area contributed by atoms with Gasteiger partial charge in [-0.05, 0) is 37.3 Å². The van der Waals surface area contributed by atoms with Gasteiger partial charge in [0.15, 0.2) is 0 Å². The maximum absolute atomic E-state index is 11.9. The molecule has 20 heavy (non-hydrogen) atoms. The predicted molar refractivity (Wildman–Crippen MR) is 81.3 cm³/mol. The summed E-state index contributed by atoms with van der Waals surface area (Å²) in [6, 6.07) is 10.4. The first kappa shape index (κ1) is 13.6. The molecule has 5 heteroatoms. The van der Waals surface area contributed by atoms with Gasteiger partial charge in [0.05, 0.1) is 5.75 Å². The van der Waals surface area contributed by atoms with E-state index in [2.05, 4.69) is 23.2 Å². The van der Waals surface area contributed by atoms with Gasteiger partial charge in [0, 0.05) is 30.2 Å². The van der Waals surface area contributed by atoms with Crippen molar-refractivity contribution in [2.24, 2.45) is 0 Å². The monoisotopic (exact) mass is 292 g/mol. The maximum Gasteiger partial charge on any atom is 0.213 e. The van der Waals surface area contributed by atoms with Crippen LogP contribution >= 0.6 is 0 Å². The van der Waals surface area contributed by atoms with Crippen LogP contribution in [0, 0.1) is 0 Å². The first-order valence-electron chi connectivity index (χ1n) is 7.15. The van der Waals surface area contributed by atoms with E-state index in [0.717, 1.165) is 18.4 Å². The zero-order valence-electron chi connectivity index (χ0n) is 11.7. The number of aromatic amines is 1. The Kier molecular flexibility index (Phi) is 3.56. The van der Waals surface area contributed by atoms with Gasteiger partial charge in [0.25, 0.3) is 0 Å². The second-order valence-corrected chi connectivity index (χ2v) is 7.64. The molecular formula is C15H20N2O2S. The molecule has 1 aliphatic rings. The Morgan fingerprint density at radius 2 is 1.95 bits per heavy atom. The van der Waals surface area contributed by atoms with Crippen molar-refractivity contribution in [1.29, 1.82) is 0 Å². The van der Waals surface area contributed by atoms with E-state index in [1.807, 2.05) is 12.1 Å². The second kappa shape index (κ2) is 5.22. The molecule has 0 unspecified atom stereocenters. The number of benzene rings is 1. The molecule has 0 amide bonds. The van der Waals surface area contributed by atoms with Crippen LogP contribution in [0.2, 0.25) is 0 Å². The SMILES string of the molecule is CCS(=O)(=O)N1CCC(c2cc3ccccc3[nH]2)CC1. The number of H-pyrrole nitrogens is 1. The lowest BCUT2D eigenvalue weighted by atomic mass is 9.95. The minimum Gasteiger partial charge on any atom is -0.358 e. The van der Waals surface area contributed by atoms with Gasteiger partial charge < -0.3 is 4.98 Å². The Labute approximate surface area is 119 Å². The second-order valence-electron chi connectivity index (χ2n) is 5.39. The van der Waals surface area contributed by atoms with E-state index in [4.69, 9.17) is 0 Å². The van der Waals surface area contributed by atoms with E-state index in [-0.39, 0.29) is 5.75 Å². The highest BCUT2D eigenvalue weighted by atomic mass is 32.2. The van der Waals surface area contributed by atoms with Crippen LogP contribution in [-0.4, -0.2) is 36.5 Å². The molecule has 3 rings (SSSR count). The largest absolute Gasteiger partial charge is 0.358 e. The average Bonchev–Trinajstić information content (AvgIpc) is 2.91. The van der Waals surface area contributed by atoms with Crippen LogP contribution in [0.15, 0.2) is 30.3 Å². The molecule has 108 valence electrons. The number of sulfonamides is 1. The van der Waals surface area contributed by atoms with Gasteiger partial charge in [-0.2, -0.15) is 0 Å². The summed E-state index contributed by atoms with van der Waals surface area (Å²) in [5.41, 5.74) is 2.39. The van der Waals surface area contributed by atoms with Gasteiger partial charge in [0.1, 0.15) is 0 Å². The van der Waals surface area contributed by atoms with Gasteiger partial charge in [-0.1, -0.05) is 18.2 Å². The molecule has 1 N–H and O–H groups in total. The number of nitrogens with one attached hydrogen (secondary N) is 1. The third-order valence-corrected chi connectivity index (χ3v) is 6.08. The molecule has 2 aromatic rings. The zero-order valence-corrected chi connectivity index (χ0v) is 12.5. The van der Waals surface area contributed by atoms with Crippen molar-refractivity contribution >= 4 is 20.9 Å². The van der Waals surface area contributed by atoms with Crippen molar-refractivity contribution in [3.05, 3.63) is 36.0 Å². The first-order valence-corrected chi connectivity index (χ1v) is 8.76. The van der Waals surface area contributed by atoms with E-state index >= 15 is 0 Å². The number of nitrogens with zero attached hydrogens (tertiary/aromatic N) is 1. The number of piperidine rings is 1. The van der Waals surface area contributed by atoms with Gasteiger partial charge in [-0.25, -0.2) is 12.7 Å². The fourth-order valence-corrected chi connectivity index (χ4v) is 4.08. The van der Waals surface area contributed by atoms with Crippen LogP contribution in [0.4, 0.5) is 0 Å². The normalized spacial score (nSPS) is 18.6. The molecule has 1 fully saturated rings. The first-order chi connectivity index (χ1) is 9.60. The van der Waals surface area contributed by atoms with E-state index in [1.165, 1.54) is 11.1 Å². The summed E-state index contributed by atoms with van der Waals surface area (Å²) in [7, 11) is -3.03. The smallest absolute Gasteiger partial charge is 0.213 e. The molecule has 1 aromatic carbocycles. The standard InChI is InChI=1S/C15H20N2O2S/c1-2-20(18,19)17-9-7-12(8-10-17)15-11-13-5-3-4-6-14(13)16-15/h3-6,11-12,16H,2,7-10H2,1H3. The summed E-state index contributed by atoms with van der Waals surface area (Å²) in [5, 5.41) is 1.23.